The molecule has 0 amide bonds. The van der Waals surface area contributed by atoms with Gasteiger partial charge in [-0.25, -0.2) is 0 Å². The van der Waals surface area contributed by atoms with Gasteiger partial charge in [-0.1, -0.05) is 6.42 Å². The molecule has 0 spiro atoms. The topological polar surface area (TPSA) is 46.9 Å². The minimum absolute atomic E-state index is 0.146. The first-order valence-corrected chi connectivity index (χ1v) is 9.47. The molecular formula is C19H31N3O3. The third-order valence-corrected chi connectivity index (χ3v) is 5.37. The largest absolute Gasteiger partial charge is 0.464 e. The van der Waals surface area contributed by atoms with E-state index in [2.05, 4.69) is 33.5 Å². The normalized spacial score (nSPS) is 21.2. The molecule has 2 aliphatic heterocycles. The van der Waals surface area contributed by atoms with E-state index >= 15 is 0 Å². The van der Waals surface area contributed by atoms with Crippen LogP contribution in [0.15, 0.2) is 12.1 Å². The average molecular weight is 349 g/mol. The van der Waals surface area contributed by atoms with Gasteiger partial charge in [0.25, 0.3) is 0 Å². The highest BCUT2D eigenvalue weighted by atomic mass is 16.5. The Morgan fingerprint density at radius 1 is 1.16 bits per heavy atom. The lowest BCUT2D eigenvalue weighted by Crippen LogP contribution is -2.38. The quantitative estimate of drug-likeness (QED) is 0.735. The summed E-state index contributed by atoms with van der Waals surface area (Å²) in [7, 11) is 2.13. The molecule has 25 heavy (non-hydrogen) atoms. The molecular weight excluding hydrogens is 318 g/mol. The first kappa shape index (κ1) is 18.4. The van der Waals surface area contributed by atoms with Crippen molar-refractivity contribution in [3.8, 4) is 0 Å². The maximum atomic E-state index is 11.3. The van der Waals surface area contributed by atoms with E-state index < -0.39 is 0 Å². The summed E-state index contributed by atoms with van der Waals surface area (Å²) >= 11 is 0. The van der Waals surface area contributed by atoms with Gasteiger partial charge in [-0.3, -0.25) is 14.6 Å². The number of aromatic nitrogens is 1. The molecule has 140 valence electrons. The average Bonchev–Trinajstić information content (AvgIpc) is 2.98. The fourth-order valence-corrected chi connectivity index (χ4v) is 3.86. The van der Waals surface area contributed by atoms with Gasteiger partial charge in [-0.2, -0.15) is 0 Å². The van der Waals surface area contributed by atoms with Crippen molar-refractivity contribution >= 4 is 5.97 Å². The van der Waals surface area contributed by atoms with Crippen LogP contribution in [-0.4, -0.2) is 66.3 Å². The Morgan fingerprint density at radius 3 is 2.56 bits per heavy atom. The Labute approximate surface area is 150 Å². The molecule has 0 aliphatic carbocycles. The monoisotopic (exact) mass is 349 g/mol. The lowest BCUT2D eigenvalue weighted by Gasteiger charge is -2.34. The third kappa shape index (κ3) is 4.84. The Hall–Kier alpha value is -1.37. The van der Waals surface area contributed by atoms with Crippen LogP contribution in [0.2, 0.25) is 0 Å². The molecule has 3 heterocycles. The maximum Gasteiger partial charge on any atom is 0.302 e. The van der Waals surface area contributed by atoms with Gasteiger partial charge in [0.15, 0.2) is 0 Å². The predicted molar refractivity (Wildman–Crippen MR) is 96.3 cm³/mol. The molecule has 0 bridgehead atoms. The number of carbonyl (C=O) groups excluding carboxylic acids is 1. The number of hydrogen-bond donors (Lipinski definition) is 0. The van der Waals surface area contributed by atoms with Crippen molar-refractivity contribution in [3.05, 3.63) is 23.5 Å². The van der Waals surface area contributed by atoms with Crippen LogP contribution in [0.5, 0.6) is 0 Å². The van der Waals surface area contributed by atoms with Crippen molar-refractivity contribution in [1.29, 1.82) is 0 Å². The summed E-state index contributed by atoms with van der Waals surface area (Å²) in [6.07, 6.45) is 3.75. The minimum Gasteiger partial charge on any atom is -0.464 e. The highest BCUT2D eigenvalue weighted by Gasteiger charge is 2.26. The van der Waals surface area contributed by atoms with E-state index in [4.69, 9.17) is 9.47 Å². The molecule has 6 heteroatoms. The minimum atomic E-state index is -0.204. The number of nitrogens with zero attached hydrogens (tertiary/aromatic N) is 3. The van der Waals surface area contributed by atoms with Crippen molar-refractivity contribution in [3.63, 3.8) is 0 Å². The second-order valence-corrected chi connectivity index (χ2v) is 7.11. The summed E-state index contributed by atoms with van der Waals surface area (Å²) in [6, 6.07) is 4.57. The van der Waals surface area contributed by atoms with Crippen LogP contribution in [0.1, 0.15) is 43.6 Å². The number of hydrogen-bond acceptors (Lipinski definition) is 5. The molecule has 1 atom stereocenters. The number of rotatable bonds is 6. The lowest BCUT2D eigenvalue weighted by atomic mass is 10.1. The summed E-state index contributed by atoms with van der Waals surface area (Å²) in [6.45, 7) is 8.64. The third-order valence-electron chi connectivity index (χ3n) is 5.37. The maximum absolute atomic E-state index is 11.3. The van der Waals surface area contributed by atoms with Crippen molar-refractivity contribution < 1.29 is 14.3 Å². The first-order chi connectivity index (χ1) is 12.1. The molecule has 2 fully saturated rings. The van der Waals surface area contributed by atoms with Crippen LogP contribution in [0.25, 0.3) is 0 Å². The molecule has 0 saturated carbocycles. The van der Waals surface area contributed by atoms with E-state index in [1.165, 1.54) is 37.6 Å². The standard InChI is InChI=1S/C19H31N3O3/c1-16(23)25-15-19(22-8-4-3-5-9-22)18-7-6-17(20(18)2)14-21-10-12-24-13-11-21/h6-7,19H,3-5,8-15H2,1-2H3. The van der Waals surface area contributed by atoms with Gasteiger partial charge in [0, 0.05) is 45.0 Å². The molecule has 3 rings (SSSR count). The van der Waals surface area contributed by atoms with Gasteiger partial charge in [-0.05, 0) is 38.1 Å². The Balaban J connectivity index is 1.73. The lowest BCUT2D eigenvalue weighted by molar-refractivity contribution is -0.143. The summed E-state index contributed by atoms with van der Waals surface area (Å²) in [5.74, 6) is -0.204. The SMILES string of the molecule is CC(=O)OCC(c1ccc(CN2CCOCC2)n1C)N1CCCCC1. The summed E-state index contributed by atoms with van der Waals surface area (Å²) in [5.41, 5.74) is 2.55. The number of piperidine rings is 1. The zero-order valence-corrected chi connectivity index (χ0v) is 15.6. The van der Waals surface area contributed by atoms with Gasteiger partial charge in [-0.15, -0.1) is 0 Å². The van der Waals surface area contributed by atoms with Crippen molar-refractivity contribution in [2.24, 2.45) is 7.05 Å². The van der Waals surface area contributed by atoms with E-state index in [9.17, 15) is 4.79 Å². The molecule has 0 radical (unpaired) electrons. The van der Waals surface area contributed by atoms with Crippen LogP contribution in [0.4, 0.5) is 0 Å². The molecule has 2 aliphatic rings. The molecule has 0 aromatic carbocycles. The molecule has 6 nitrogen and oxygen atoms in total. The fourth-order valence-electron chi connectivity index (χ4n) is 3.86. The van der Waals surface area contributed by atoms with Gasteiger partial charge in [0.2, 0.25) is 0 Å². The fraction of sp³-hybridized carbons (Fsp3) is 0.737. The zero-order valence-electron chi connectivity index (χ0n) is 15.6. The van der Waals surface area contributed by atoms with Crippen molar-refractivity contribution in [2.75, 3.05) is 46.0 Å². The first-order valence-electron chi connectivity index (χ1n) is 9.47. The predicted octanol–water partition coefficient (Wildman–Crippen LogP) is 1.95. The molecule has 1 aromatic heterocycles. The Bertz CT molecular complexity index is 560. The zero-order chi connectivity index (χ0) is 17.6. The number of morpholine rings is 1. The Morgan fingerprint density at radius 2 is 1.88 bits per heavy atom. The number of ether oxygens (including phenoxy) is 2. The van der Waals surface area contributed by atoms with Crippen LogP contribution in [0.3, 0.4) is 0 Å². The molecule has 1 aromatic rings. The van der Waals surface area contributed by atoms with Crippen LogP contribution >= 0.6 is 0 Å². The highest BCUT2D eigenvalue weighted by Crippen LogP contribution is 2.27. The summed E-state index contributed by atoms with van der Waals surface area (Å²) in [5, 5.41) is 0. The van der Waals surface area contributed by atoms with Crippen molar-refractivity contribution in [2.45, 2.75) is 38.8 Å². The van der Waals surface area contributed by atoms with E-state index in [0.29, 0.717) is 6.61 Å². The Kier molecular flexibility index (Phi) is 6.51. The number of carbonyl (C=O) groups is 1. The molecule has 0 N–H and O–H groups in total. The van der Waals surface area contributed by atoms with Gasteiger partial charge in [0.05, 0.1) is 19.3 Å². The number of likely N-dealkylation sites (tertiary alicyclic amines) is 1. The van der Waals surface area contributed by atoms with Gasteiger partial charge < -0.3 is 14.0 Å². The van der Waals surface area contributed by atoms with Gasteiger partial charge in [0.1, 0.15) is 6.61 Å². The number of esters is 1. The second-order valence-electron chi connectivity index (χ2n) is 7.11. The molecule has 1 unspecified atom stereocenters. The van der Waals surface area contributed by atoms with Crippen LogP contribution in [-0.2, 0) is 27.9 Å². The van der Waals surface area contributed by atoms with E-state index in [1.54, 1.807) is 0 Å². The van der Waals surface area contributed by atoms with E-state index in [0.717, 1.165) is 45.9 Å². The summed E-state index contributed by atoms with van der Waals surface area (Å²) in [4.78, 5) is 16.3. The van der Waals surface area contributed by atoms with Crippen LogP contribution < -0.4 is 0 Å². The van der Waals surface area contributed by atoms with E-state index in [1.807, 2.05) is 0 Å². The highest BCUT2D eigenvalue weighted by molar-refractivity contribution is 5.65. The smallest absolute Gasteiger partial charge is 0.302 e. The van der Waals surface area contributed by atoms with E-state index in [-0.39, 0.29) is 12.0 Å². The molecule has 2 saturated heterocycles. The second kappa shape index (κ2) is 8.83. The summed E-state index contributed by atoms with van der Waals surface area (Å²) < 4.78 is 13.1. The van der Waals surface area contributed by atoms with Gasteiger partial charge >= 0.3 is 5.97 Å². The van der Waals surface area contributed by atoms with Crippen LogP contribution in [0, 0.1) is 0 Å². The van der Waals surface area contributed by atoms with Crippen molar-refractivity contribution in [1.82, 2.24) is 14.4 Å².